The number of ether oxygens (including phenoxy) is 1. The third-order valence-corrected chi connectivity index (χ3v) is 5.26. The second-order valence-electron chi connectivity index (χ2n) is 6.43. The highest BCUT2D eigenvalue weighted by molar-refractivity contribution is 8.18. The first-order valence-electron chi connectivity index (χ1n) is 9.03. The number of alkyl halides is 3. The molecule has 1 amide bonds. The molecule has 2 heterocycles. The number of thioether (sulfide) groups is 1. The maximum Gasteiger partial charge on any atom is 0.417 e. The summed E-state index contributed by atoms with van der Waals surface area (Å²) in [6.07, 6.45) is -3.04. The van der Waals surface area contributed by atoms with Crippen LogP contribution in [0.2, 0.25) is 0 Å². The fourth-order valence-electron chi connectivity index (χ4n) is 2.90. The van der Waals surface area contributed by atoms with E-state index in [0.29, 0.717) is 21.5 Å². The molecule has 0 unspecified atom stereocenters. The van der Waals surface area contributed by atoms with E-state index in [1.807, 2.05) is 0 Å². The predicted molar refractivity (Wildman–Crippen MR) is 113 cm³/mol. The first-order chi connectivity index (χ1) is 14.8. The van der Waals surface area contributed by atoms with Crippen LogP contribution in [0.1, 0.15) is 11.3 Å². The number of hydrogen-bond donors (Lipinski definition) is 1. The molecule has 158 valence electrons. The zero-order valence-electron chi connectivity index (χ0n) is 16.1. The molecule has 1 saturated heterocycles. The van der Waals surface area contributed by atoms with Crippen molar-refractivity contribution < 1.29 is 27.1 Å². The first-order valence-corrected chi connectivity index (χ1v) is 9.85. The zero-order chi connectivity index (χ0) is 22.0. The number of benzene rings is 2. The van der Waals surface area contributed by atoms with Crippen LogP contribution >= 0.6 is 11.8 Å². The predicted octanol–water partition coefficient (Wildman–Crippen LogP) is 5.87. The number of halogens is 3. The Morgan fingerprint density at radius 2 is 1.81 bits per heavy atom. The van der Waals surface area contributed by atoms with Gasteiger partial charge in [0.25, 0.3) is 5.91 Å². The number of amidine groups is 1. The highest BCUT2D eigenvalue weighted by Crippen LogP contribution is 2.38. The highest BCUT2D eigenvalue weighted by atomic mass is 32.2. The maximum atomic E-state index is 13.3. The Labute approximate surface area is 179 Å². The Bertz CT molecular complexity index is 1180. The molecule has 0 bridgehead atoms. The van der Waals surface area contributed by atoms with Crippen molar-refractivity contribution in [2.24, 2.45) is 4.99 Å². The summed E-state index contributed by atoms with van der Waals surface area (Å²) in [7, 11) is 1.56. The first kappa shape index (κ1) is 20.8. The van der Waals surface area contributed by atoms with E-state index < -0.39 is 11.7 Å². The normalized spacial score (nSPS) is 16.7. The number of nitrogens with one attached hydrogen (secondary N) is 1. The number of furan rings is 1. The second kappa shape index (κ2) is 8.35. The molecule has 0 saturated carbocycles. The molecule has 4 rings (SSSR count). The van der Waals surface area contributed by atoms with Gasteiger partial charge in [-0.15, -0.1) is 0 Å². The molecule has 0 radical (unpaired) electrons. The lowest BCUT2D eigenvalue weighted by atomic mass is 10.1. The molecule has 1 aromatic heterocycles. The molecule has 5 nitrogen and oxygen atoms in total. The van der Waals surface area contributed by atoms with Gasteiger partial charge in [0.2, 0.25) is 0 Å². The standard InChI is InChI=1S/C22H15F3N2O3S/c1-29-14-8-6-13(7-9-14)26-21-27-20(28)19(31-21)12-15-10-11-18(30-15)16-4-2-3-5-17(16)22(23,24)25/h2-12H,1H3,(H,26,27,28)/b19-12-. The molecule has 1 aliphatic heterocycles. The van der Waals surface area contributed by atoms with Gasteiger partial charge in [0.1, 0.15) is 17.3 Å². The van der Waals surface area contributed by atoms with Gasteiger partial charge in [0.15, 0.2) is 5.17 Å². The number of methoxy groups -OCH3 is 1. The largest absolute Gasteiger partial charge is 0.497 e. The van der Waals surface area contributed by atoms with E-state index >= 15 is 0 Å². The van der Waals surface area contributed by atoms with Crippen LogP contribution in [0.3, 0.4) is 0 Å². The van der Waals surface area contributed by atoms with Gasteiger partial charge in [-0.25, -0.2) is 4.99 Å². The van der Waals surface area contributed by atoms with E-state index in [0.717, 1.165) is 17.8 Å². The average Bonchev–Trinajstić information content (AvgIpc) is 3.35. The Morgan fingerprint density at radius 1 is 1.06 bits per heavy atom. The molecule has 1 N–H and O–H groups in total. The summed E-state index contributed by atoms with van der Waals surface area (Å²) < 4.78 is 50.4. The number of aliphatic imine (C=N–C) groups is 1. The summed E-state index contributed by atoms with van der Waals surface area (Å²) in [6, 6.07) is 15.1. The molecule has 0 atom stereocenters. The van der Waals surface area contributed by atoms with E-state index in [9.17, 15) is 18.0 Å². The summed E-state index contributed by atoms with van der Waals surface area (Å²) in [6.45, 7) is 0. The molecule has 2 aromatic carbocycles. The fourth-order valence-corrected chi connectivity index (χ4v) is 3.73. The van der Waals surface area contributed by atoms with E-state index in [1.165, 1.54) is 36.4 Å². The van der Waals surface area contributed by atoms with Gasteiger partial charge >= 0.3 is 6.18 Å². The van der Waals surface area contributed by atoms with Crippen molar-refractivity contribution in [2.45, 2.75) is 6.18 Å². The minimum Gasteiger partial charge on any atom is -0.497 e. The number of hydrogen-bond acceptors (Lipinski definition) is 5. The summed E-state index contributed by atoms with van der Waals surface area (Å²) in [5, 5.41) is 3.04. The average molecular weight is 444 g/mol. The van der Waals surface area contributed by atoms with Crippen LogP contribution < -0.4 is 10.1 Å². The minimum atomic E-state index is -4.50. The van der Waals surface area contributed by atoms with Gasteiger partial charge in [-0.2, -0.15) is 13.2 Å². The molecule has 1 aliphatic rings. The summed E-state index contributed by atoms with van der Waals surface area (Å²) in [5.74, 6) is 0.643. The van der Waals surface area contributed by atoms with Crippen molar-refractivity contribution in [1.82, 2.24) is 5.32 Å². The SMILES string of the molecule is COc1ccc(N=C2NC(=O)/C(=C/c3ccc(-c4ccccc4C(F)(F)F)o3)S2)cc1. The van der Waals surface area contributed by atoms with Crippen LogP contribution in [0.25, 0.3) is 17.4 Å². The van der Waals surface area contributed by atoms with Crippen molar-refractivity contribution >= 4 is 34.6 Å². The van der Waals surface area contributed by atoms with E-state index in [1.54, 1.807) is 31.4 Å². The molecule has 0 aliphatic carbocycles. The van der Waals surface area contributed by atoms with E-state index in [-0.39, 0.29) is 23.0 Å². The van der Waals surface area contributed by atoms with Gasteiger partial charge in [-0.1, -0.05) is 18.2 Å². The number of amides is 1. The molecule has 3 aromatic rings. The zero-order valence-corrected chi connectivity index (χ0v) is 16.9. The Morgan fingerprint density at radius 3 is 2.52 bits per heavy atom. The Balaban J connectivity index is 1.56. The quantitative estimate of drug-likeness (QED) is 0.512. The van der Waals surface area contributed by atoms with Crippen molar-refractivity contribution in [2.75, 3.05) is 7.11 Å². The summed E-state index contributed by atoms with van der Waals surface area (Å²) in [4.78, 5) is 16.9. The van der Waals surface area contributed by atoms with Crippen LogP contribution in [-0.4, -0.2) is 18.2 Å². The van der Waals surface area contributed by atoms with E-state index in [2.05, 4.69) is 10.3 Å². The van der Waals surface area contributed by atoms with Crippen molar-refractivity contribution in [1.29, 1.82) is 0 Å². The molecule has 31 heavy (non-hydrogen) atoms. The topological polar surface area (TPSA) is 63.8 Å². The Hall–Kier alpha value is -3.46. The number of nitrogens with zero attached hydrogens (tertiary/aromatic N) is 1. The third kappa shape index (κ3) is 4.66. The van der Waals surface area contributed by atoms with Crippen LogP contribution in [0, 0.1) is 0 Å². The lowest BCUT2D eigenvalue weighted by Crippen LogP contribution is -2.19. The van der Waals surface area contributed by atoms with E-state index in [4.69, 9.17) is 9.15 Å². The molecular weight excluding hydrogens is 429 g/mol. The minimum absolute atomic E-state index is 0.0649. The smallest absolute Gasteiger partial charge is 0.417 e. The molecule has 1 fully saturated rings. The second-order valence-corrected chi connectivity index (χ2v) is 7.46. The van der Waals surface area contributed by atoms with Crippen LogP contribution in [0.4, 0.5) is 18.9 Å². The van der Waals surface area contributed by atoms with Crippen LogP contribution in [0.5, 0.6) is 5.75 Å². The lowest BCUT2D eigenvalue weighted by molar-refractivity contribution is -0.137. The van der Waals surface area contributed by atoms with Gasteiger partial charge in [0.05, 0.1) is 23.3 Å². The molecular formula is C22H15F3N2O3S. The summed E-state index contributed by atoms with van der Waals surface area (Å²) >= 11 is 1.11. The summed E-state index contributed by atoms with van der Waals surface area (Å²) in [5.41, 5.74) is -0.218. The van der Waals surface area contributed by atoms with Crippen molar-refractivity contribution in [3.05, 3.63) is 76.9 Å². The monoisotopic (exact) mass is 444 g/mol. The van der Waals surface area contributed by atoms with Gasteiger partial charge < -0.3 is 14.5 Å². The highest BCUT2D eigenvalue weighted by Gasteiger charge is 2.34. The lowest BCUT2D eigenvalue weighted by Gasteiger charge is -2.10. The number of carbonyl (C=O) groups is 1. The maximum absolute atomic E-state index is 13.3. The molecule has 0 spiro atoms. The number of carbonyl (C=O) groups excluding carboxylic acids is 1. The fraction of sp³-hybridized carbons (Fsp3) is 0.0909. The third-order valence-electron chi connectivity index (χ3n) is 4.35. The van der Waals surface area contributed by atoms with Crippen molar-refractivity contribution in [3.8, 4) is 17.1 Å². The van der Waals surface area contributed by atoms with Crippen molar-refractivity contribution in [3.63, 3.8) is 0 Å². The van der Waals surface area contributed by atoms with Crippen LogP contribution in [-0.2, 0) is 11.0 Å². The van der Waals surface area contributed by atoms with Crippen LogP contribution in [0.15, 0.2) is 75.0 Å². The molecule has 9 heteroatoms. The van der Waals surface area contributed by atoms with Gasteiger partial charge in [-0.05, 0) is 54.2 Å². The van der Waals surface area contributed by atoms with Gasteiger partial charge in [0, 0.05) is 11.6 Å². The van der Waals surface area contributed by atoms with Gasteiger partial charge in [-0.3, -0.25) is 4.79 Å². The number of rotatable bonds is 4. The Kier molecular flexibility index (Phi) is 5.60.